The van der Waals surface area contributed by atoms with E-state index in [0.29, 0.717) is 12.6 Å². The Bertz CT molecular complexity index is 767. The van der Waals surface area contributed by atoms with Crippen LogP contribution in [0.25, 0.3) is 0 Å². The maximum Gasteiger partial charge on any atom is 0.407 e. The molecule has 2 aromatic carbocycles. The standard InChI is InChI=1S/C25H38N2O3Si/c1-20(2)26-18-17-21(19-27(6)24(28)29)30-31(25(3,4)5,22-13-9-7-10-14-22)23-15-11-8-12-16-23/h7-16,20-21,26H,17-19H2,1-6H3,(H,28,29)/t21-/m1/s1. The van der Waals surface area contributed by atoms with Gasteiger partial charge >= 0.3 is 6.09 Å². The first-order valence-electron chi connectivity index (χ1n) is 11.0. The number of nitrogens with zero attached hydrogens (tertiary/aromatic N) is 1. The van der Waals surface area contributed by atoms with E-state index in [1.807, 2.05) is 12.1 Å². The Kier molecular flexibility index (Phi) is 8.86. The Balaban J connectivity index is 2.55. The molecule has 1 amide bonds. The van der Waals surface area contributed by atoms with Gasteiger partial charge in [0.05, 0.1) is 6.10 Å². The molecule has 2 aromatic rings. The number of nitrogens with one attached hydrogen (secondary N) is 1. The fraction of sp³-hybridized carbons (Fsp3) is 0.480. The van der Waals surface area contributed by atoms with Gasteiger partial charge in [0, 0.05) is 19.6 Å². The number of benzene rings is 2. The average Bonchev–Trinajstić information content (AvgIpc) is 2.71. The van der Waals surface area contributed by atoms with E-state index in [1.165, 1.54) is 15.3 Å². The monoisotopic (exact) mass is 442 g/mol. The SMILES string of the molecule is CC(C)NCC[C@H](CN(C)C(=O)O)O[Si](c1ccccc1)(c1ccccc1)C(C)(C)C. The lowest BCUT2D eigenvalue weighted by atomic mass is 10.2. The van der Waals surface area contributed by atoms with Crippen LogP contribution in [0.1, 0.15) is 41.0 Å². The summed E-state index contributed by atoms with van der Waals surface area (Å²) in [7, 11) is -1.13. The fourth-order valence-electron chi connectivity index (χ4n) is 4.05. The average molecular weight is 443 g/mol. The highest BCUT2D eigenvalue weighted by Crippen LogP contribution is 2.37. The second kappa shape index (κ2) is 10.9. The van der Waals surface area contributed by atoms with Crippen molar-refractivity contribution in [3.05, 3.63) is 60.7 Å². The molecule has 2 rings (SSSR count). The Labute approximate surface area is 188 Å². The maximum absolute atomic E-state index is 11.6. The molecule has 0 aromatic heterocycles. The number of carboxylic acid groups (broad SMARTS) is 1. The van der Waals surface area contributed by atoms with Gasteiger partial charge in [0.25, 0.3) is 8.32 Å². The minimum Gasteiger partial charge on any atom is -0.465 e. The van der Waals surface area contributed by atoms with E-state index in [9.17, 15) is 9.90 Å². The molecule has 0 radical (unpaired) electrons. The first-order valence-corrected chi connectivity index (χ1v) is 12.9. The van der Waals surface area contributed by atoms with Gasteiger partial charge in [-0.15, -0.1) is 0 Å². The van der Waals surface area contributed by atoms with Crippen molar-refractivity contribution < 1.29 is 14.3 Å². The summed E-state index contributed by atoms with van der Waals surface area (Å²) in [6.45, 7) is 12.0. The zero-order valence-electron chi connectivity index (χ0n) is 19.8. The minimum atomic E-state index is -2.74. The second-order valence-electron chi connectivity index (χ2n) is 9.46. The third-order valence-electron chi connectivity index (χ3n) is 5.58. The van der Waals surface area contributed by atoms with E-state index in [4.69, 9.17) is 4.43 Å². The van der Waals surface area contributed by atoms with Gasteiger partial charge in [0.15, 0.2) is 0 Å². The molecule has 0 heterocycles. The molecule has 0 aliphatic heterocycles. The van der Waals surface area contributed by atoms with Crippen LogP contribution < -0.4 is 15.7 Å². The van der Waals surface area contributed by atoms with E-state index < -0.39 is 14.4 Å². The first kappa shape index (κ1) is 25.1. The molecule has 0 aliphatic rings. The molecular formula is C25H38N2O3Si. The van der Waals surface area contributed by atoms with E-state index in [0.717, 1.165) is 13.0 Å². The third-order valence-corrected chi connectivity index (χ3v) is 10.7. The summed E-state index contributed by atoms with van der Waals surface area (Å²) in [6.07, 6.45) is -0.424. The van der Waals surface area contributed by atoms with Crippen molar-refractivity contribution in [2.45, 2.75) is 58.2 Å². The highest BCUT2D eigenvalue weighted by atomic mass is 28.4. The Morgan fingerprint density at radius 2 is 1.52 bits per heavy atom. The highest BCUT2D eigenvalue weighted by Gasteiger charge is 2.51. The number of rotatable bonds is 10. The van der Waals surface area contributed by atoms with Gasteiger partial charge in [0.2, 0.25) is 0 Å². The molecule has 0 bridgehead atoms. The van der Waals surface area contributed by atoms with Crippen LogP contribution in [0.3, 0.4) is 0 Å². The summed E-state index contributed by atoms with van der Waals surface area (Å²) in [5, 5.41) is 15.2. The number of carbonyl (C=O) groups is 1. The van der Waals surface area contributed by atoms with Gasteiger partial charge in [-0.1, -0.05) is 95.3 Å². The van der Waals surface area contributed by atoms with Gasteiger partial charge in [-0.05, 0) is 28.4 Å². The molecule has 5 nitrogen and oxygen atoms in total. The van der Waals surface area contributed by atoms with Crippen LogP contribution >= 0.6 is 0 Å². The van der Waals surface area contributed by atoms with Crippen LogP contribution in [0.15, 0.2) is 60.7 Å². The van der Waals surface area contributed by atoms with Crippen LogP contribution in [0.5, 0.6) is 0 Å². The summed E-state index contributed by atoms with van der Waals surface area (Å²) in [5.41, 5.74) is 0. The molecule has 0 saturated carbocycles. The normalized spacial score (nSPS) is 13.3. The van der Waals surface area contributed by atoms with Crippen molar-refractivity contribution in [1.29, 1.82) is 0 Å². The lowest BCUT2D eigenvalue weighted by Gasteiger charge is -2.45. The van der Waals surface area contributed by atoms with Crippen LogP contribution in [0, 0.1) is 0 Å². The van der Waals surface area contributed by atoms with Crippen molar-refractivity contribution in [2.24, 2.45) is 0 Å². The van der Waals surface area contributed by atoms with Crippen LogP contribution in [-0.2, 0) is 4.43 Å². The van der Waals surface area contributed by atoms with Crippen LogP contribution in [0.2, 0.25) is 5.04 Å². The van der Waals surface area contributed by atoms with Crippen molar-refractivity contribution in [3.8, 4) is 0 Å². The predicted octanol–water partition coefficient (Wildman–Crippen LogP) is 3.93. The van der Waals surface area contributed by atoms with Crippen molar-refractivity contribution in [2.75, 3.05) is 20.1 Å². The number of hydrogen-bond donors (Lipinski definition) is 2. The van der Waals surface area contributed by atoms with Crippen molar-refractivity contribution in [1.82, 2.24) is 10.2 Å². The Hall–Kier alpha value is -2.15. The molecular weight excluding hydrogens is 404 g/mol. The fourth-order valence-corrected chi connectivity index (χ4v) is 8.75. The summed E-state index contributed by atoms with van der Waals surface area (Å²) >= 11 is 0. The van der Waals surface area contributed by atoms with Gasteiger partial charge in [-0.2, -0.15) is 0 Å². The van der Waals surface area contributed by atoms with Crippen molar-refractivity contribution >= 4 is 24.8 Å². The summed E-state index contributed by atoms with van der Waals surface area (Å²) in [5.74, 6) is 0. The predicted molar refractivity (Wildman–Crippen MR) is 131 cm³/mol. The Morgan fingerprint density at radius 1 is 1.03 bits per heavy atom. The number of amides is 1. The second-order valence-corrected chi connectivity index (χ2v) is 13.7. The summed E-state index contributed by atoms with van der Waals surface area (Å²) in [6, 6.07) is 21.3. The van der Waals surface area contributed by atoms with Gasteiger partial charge < -0.3 is 19.7 Å². The molecule has 0 fully saturated rings. The highest BCUT2D eigenvalue weighted by molar-refractivity contribution is 6.99. The zero-order chi connectivity index (χ0) is 23.1. The van der Waals surface area contributed by atoms with E-state index in [1.54, 1.807) is 7.05 Å². The third kappa shape index (κ3) is 6.42. The van der Waals surface area contributed by atoms with Gasteiger partial charge in [0.1, 0.15) is 0 Å². The molecule has 1 atom stereocenters. The molecule has 170 valence electrons. The van der Waals surface area contributed by atoms with Crippen LogP contribution in [-0.4, -0.2) is 56.7 Å². The number of hydrogen-bond acceptors (Lipinski definition) is 3. The van der Waals surface area contributed by atoms with Gasteiger partial charge in [-0.25, -0.2) is 4.79 Å². The summed E-state index contributed by atoms with van der Waals surface area (Å²) < 4.78 is 7.17. The summed E-state index contributed by atoms with van der Waals surface area (Å²) in [4.78, 5) is 12.9. The lowest BCUT2D eigenvalue weighted by molar-refractivity contribution is 0.110. The molecule has 31 heavy (non-hydrogen) atoms. The molecule has 0 unspecified atom stereocenters. The smallest absolute Gasteiger partial charge is 0.407 e. The van der Waals surface area contributed by atoms with Crippen LogP contribution in [0.4, 0.5) is 4.79 Å². The quantitative estimate of drug-likeness (QED) is 0.547. The zero-order valence-corrected chi connectivity index (χ0v) is 20.8. The van der Waals surface area contributed by atoms with Crippen molar-refractivity contribution in [3.63, 3.8) is 0 Å². The molecule has 0 spiro atoms. The maximum atomic E-state index is 11.6. The molecule has 2 N–H and O–H groups in total. The van der Waals surface area contributed by atoms with E-state index >= 15 is 0 Å². The van der Waals surface area contributed by atoms with E-state index in [-0.39, 0.29) is 11.1 Å². The topological polar surface area (TPSA) is 61.8 Å². The first-order chi connectivity index (χ1) is 14.6. The minimum absolute atomic E-state index is 0.152. The molecule has 6 heteroatoms. The lowest BCUT2D eigenvalue weighted by Crippen LogP contribution is -2.68. The van der Waals surface area contributed by atoms with E-state index in [2.05, 4.69) is 88.5 Å². The van der Waals surface area contributed by atoms with Gasteiger partial charge in [-0.3, -0.25) is 0 Å². The number of likely N-dealkylation sites (N-methyl/N-ethyl adjacent to an activating group) is 1. The largest absolute Gasteiger partial charge is 0.465 e. The molecule has 0 saturated heterocycles. The Morgan fingerprint density at radius 3 is 1.90 bits per heavy atom. The molecule has 0 aliphatic carbocycles.